The lowest BCUT2D eigenvalue weighted by atomic mass is 9.94. The van der Waals surface area contributed by atoms with Crippen LogP contribution in [0.25, 0.3) is 22.3 Å². The van der Waals surface area contributed by atoms with Crippen molar-refractivity contribution in [2.75, 3.05) is 18.0 Å². The Kier molecular flexibility index (Phi) is 5.03. The van der Waals surface area contributed by atoms with E-state index in [0.29, 0.717) is 34.6 Å². The van der Waals surface area contributed by atoms with Gasteiger partial charge in [0.05, 0.1) is 9.73 Å². The number of nitrogens with zero attached hydrogens (tertiary/aromatic N) is 1. The number of carbonyl (C=O) groups is 1. The number of aromatic nitrogens is 1. The minimum atomic E-state index is -2.84. The molecule has 0 saturated carbocycles. The van der Waals surface area contributed by atoms with Crippen LogP contribution in [0.1, 0.15) is 22.8 Å². The summed E-state index contributed by atoms with van der Waals surface area (Å²) in [5.41, 5.74) is 9.69. The Morgan fingerprint density at radius 2 is 1.80 bits per heavy atom. The highest BCUT2D eigenvalue weighted by molar-refractivity contribution is 7.92. The number of halogens is 1. The molecule has 1 aliphatic heterocycles. The number of amides is 1. The lowest BCUT2D eigenvalue weighted by Gasteiger charge is -2.18. The Labute approximate surface area is 174 Å². The first-order valence-corrected chi connectivity index (χ1v) is 11.3. The summed E-state index contributed by atoms with van der Waals surface area (Å²) in [6, 6.07) is 13.5. The molecular weight excluding hydrogens is 403 g/mol. The van der Waals surface area contributed by atoms with E-state index in [4.69, 9.17) is 10.5 Å². The van der Waals surface area contributed by atoms with E-state index in [1.165, 1.54) is 0 Å². The molecular formula is C22H21FN4O2S. The van der Waals surface area contributed by atoms with Gasteiger partial charge in [-0.25, -0.2) is 14.0 Å². The maximum Gasteiger partial charge on any atom is 0.251 e. The number of nitrogens with two attached hydrogens (primary N) is 1. The number of carbonyl (C=O) groups excluding carboxylic acids is 1. The van der Waals surface area contributed by atoms with Crippen LogP contribution < -0.4 is 11.1 Å². The van der Waals surface area contributed by atoms with Crippen molar-refractivity contribution in [3.05, 3.63) is 65.6 Å². The maximum absolute atomic E-state index is 14.6. The molecule has 1 aliphatic rings. The second-order valence-corrected chi connectivity index (χ2v) is 9.52. The molecule has 0 aliphatic carbocycles. The summed E-state index contributed by atoms with van der Waals surface area (Å²) < 4.78 is 34.7. The van der Waals surface area contributed by atoms with Crippen molar-refractivity contribution in [3.8, 4) is 22.3 Å². The Morgan fingerprint density at radius 1 is 1.10 bits per heavy atom. The monoisotopic (exact) mass is 424 g/mol. The van der Waals surface area contributed by atoms with Crippen molar-refractivity contribution in [3.63, 3.8) is 0 Å². The number of fused-ring (bicyclic) bond motifs is 1. The van der Waals surface area contributed by atoms with Gasteiger partial charge in [-0.2, -0.15) is 4.39 Å². The molecule has 154 valence electrons. The quantitative estimate of drug-likeness (QED) is 0.553. The third-order valence-electron chi connectivity index (χ3n) is 5.30. The van der Waals surface area contributed by atoms with Gasteiger partial charge < -0.3 is 11.1 Å². The highest BCUT2D eigenvalue weighted by Crippen LogP contribution is 2.33. The molecule has 0 fully saturated rings. The Morgan fingerprint density at radius 3 is 2.50 bits per heavy atom. The minimum absolute atomic E-state index is 0.0632. The summed E-state index contributed by atoms with van der Waals surface area (Å²) in [6.45, 7) is 2.27. The first-order valence-electron chi connectivity index (χ1n) is 9.54. The van der Waals surface area contributed by atoms with Crippen molar-refractivity contribution < 1.29 is 13.4 Å². The minimum Gasteiger partial charge on any atom is -0.383 e. The van der Waals surface area contributed by atoms with Crippen LogP contribution in [0.3, 0.4) is 0 Å². The molecule has 4 rings (SSSR count). The molecule has 1 aromatic heterocycles. The van der Waals surface area contributed by atoms with Crippen LogP contribution in [0.5, 0.6) is 0 Å². The molecule has 1 amide bonds. The van der Waals surface area contributed by atoms with Crippen LogP contribution in [0, 0.1) is 10.7 Å². The molecule has 30 heavy (non-hydrogen) atoms. The normalized spacial score (nSPS) is 15.2. The number of anilines is 1. The summed E-state index contributed by atoms with van der Waals surface area (Å²) in [7, 11) is -2.84. The number of nitrogen functional groups attached to an aromatic ring is 1. The molecule has 3 aromatic rings. The lowest BCUT2D eigenvalue weighted by Crippen LogP contribution is -2.31. The van der Waals surface area contributed by atoms with Crippen LogP contribution in [0.4, 0.5) is 10.2 Å². The number of hydrogen-bond acceptors (Lipinski definition) is 5. The summed E-state index contributed by atoms with van der Waals surface area (Å²) in [5.74, 6) is -0.534. The van der Waals surface area contributed by atoms with Crippen molar-refractivity contribution in [1.82, 2.24) is 10.3 Å². The number of rotatable bonds is 4. The second kappa shape index (κ2) is 7.53. The van der Waals surface area contributed by atoms with Gasteiger partial charge >= 0.3 is 0 Å². The van der Waals surface area contributed by atoms with E-state index in [1.54, 1.807) is 49.4 Å². The Hall–Kier alpha value is -3.26. The average Bonchev–Trinajstić information content (AvgIpc) is 2.74. The van der Waals surface area contributed by atoms with Gasteiger partial charge in [-0.15, -0.1) is 0 Å². The maximum atomic E-state index is 14.6. The van der Waals surface area contributed by atoms with E-state index in [9.17, 15) is 13.4 Å². The van der Waals surface area contributed by atoms with Crippen LogP contribution in [0.2, 0.25) is 0 Å². The summed E-state index contributed by atoms with van der Waals surface area (Å²) in [4.78, 5) is 16.3. The van der Waals surface area contributed by atoms with E-state index in [1.807, 2.05) is 6.07 Å². The van der Waals surface area contributed by atoms with E-state index in [2.05, 4.69) is 10.3 Å². The zero-order valence-electron chi connectivity index (χ0n) is 16.4. The smallest absolute Gasteiger partial charge is 0.251 e. The van der Waals surface area contributed by atoms with Crippen LogP contribution in [-0.4, -0.2) is 27.4 Å². The van der Waals surface area contributed by atoms with Gasteiger partial charge in [-0.3, -0.25) is 4.79 Å². The van der Waals surface area contributed by atoms with Gasteiger partial charge in [-0.05, 0) is 47.4 Å². The Balaban J connectivity index is 1.78. The molecule has 0 spiro atoms. The van der Waals surface area contributed by atoms with Gasteiger partial charge in [0.2, 0.25) is 5.95 Å². The first kappa shape index (κ1) is 20.0. The predicted octanol–water partition coefficient (Wildman–Crippen LogP) is 3.85. The molecule has 1 atom stereocenters. The van der Waals surface area contributed by atoms with Gasteiger partial charge in [-0.1, -0.05) is 31.2 Å². The molecule has 4 N–H and O–H groups in total. The Bertz CT molecular complexity index is 1250. The third kappa shape index (κ3) is 3.54. The SMILES string of the molecule is CCS(=N)(=O)c1ccc(-c2cc(-c3ccc4c(c3)CCNC4=O)c(N)nc2F)cc1. The summed E-state index contributed by atoms with van der Waals surface area (Å²) >= 11 is 0. The summed E-state index contributed by atoms with van der Waals surface area (Å²) in [6.07, 6.45) is 0.710. The molecule has 0 radical (unpaired) electrons. The zero-order valence-corrected chi connectivity index (χ0v) is 17.2. The average molecular weight is 425 g/mol. The number of pyridine rings is 1. The van der Waals surface area contributed by atoms with Gasteiger partial charge in [0.1, 0.15) is 5.82 Å². The van der Waals surface area contributed by atoms with Gasteiger partial charge in [0.15, 0.2) is 0 Å². The molecule has 0 saturated heterocycles. The van der Waals surface area contributed by atoms with Crippen molar-refractivity contribution in [2.45, 2.75) is 18.2 Å². The largest absolute Gasteiger partial charge is 0.383 e. The second-order valence-electron chi connectivity index (χ2n) is 7.13. The van der Waals surface area contributed by atoms with E-state index < -0.39 is 15.7 Å². The van der Waals surface area contributed by atoms with E-state index in [-0.39, 0.29) is 23.0 Å². The molecule has 1 unspecified atom stereocenters. The lowest BCUT2D eigenvalue weighted by molar-refractivity contribution is 0.0946. The number of hydrogen-bond donors (Lipinski definition) is 3. The molecule has 2 aromatic carbocycles. The fraction of sp³-hybridized carbons (Fsp3) is 0.182. The fourth-order valence-corrected chi connectivity index (χ4v) is 4.46. The van der Waals surface area contributed by atoms with Gasteiger partial charge in [0.25, 0.3) is 5.91 Å². The highest BCUT2D eigenvalue weighted by Gasteiger charge is 2.19. The van der Waals surface area contributed by atoms with E-state index >= 15 is 0 Å². The van der Waals surface area contributed by atoms with Crippen LogP contribution in [0.15, 0.2) is 53.4 Å². The topological polar surface area (TPSA) is 109 Å². The number of benzene rings is 2. The fourth-order valence-electron chi connectivity index (χ4n) is 3.55. The van der Waals surface area contributed by atoms with Crippen LogP contribution >= 0.6 is 0 Å². The molecule has 0 bridgehead atoms. The van der Waals surface area contributed by atoms with Gasteiger partial charge in [0, 0.05) is 33.9 Å². The van der Waals surface area contributed by atoms with Crippen molar-refractivity contribution in [2.24, 2.45) is 0 Å². The van der Waals surface area contributed by atoms with E-state index in [0.717, 1.165) is 11.1 Å². The standard InChI is InChI=1S/C22H21FN4O2S/c1-2-30(25,29)16-6-3-13(4-7-16)18-12-19(21(24)27-20(18)23)14-5-8-17-15(11-14)9-10-26-22(17)28/h3-8,11-12,25H,2,9-10H2,1H3,(H2,24,27)(H,26,28). The van der Waals surface area contributed by atoms with Crippen molar-refractivity contribution in [1.29, 1.82) is 4.78 Å². The number of nitrogens with one attached hydrogen (secondary N) is 2. The van der Waals surface area contributed by atoms with Crippen LogP contribution in [-0.2, 0) is 16.1 Å². The molecule has 8 heteroatoms. The zero-order chi connectivity index (χ0) is 21.5. The molecule has 6 nitrogen and oxygen atoms in total. The molecule has 2 heterocycles. The first-order chi connectivity index (χ1) is 14.3. The van der Waals surface area contributed by atoms with Crippen molar-refractivity contribution >= 4 is 21.5 Å². The third-order valence-corrected chi connectivity index (χ3v) is 7.15. The highest BCUT2D eigenvalue weighted by atomic mass is 32.2. The summed E-state index contributed by atoms with van der Waals surface area (Å²) in [5, 5.41) is 2.81. The predicted molar refractivity (Wildman–Crippen MR) is 115 cm³/mol.